The van der Waals surface area contributed by atoms with Gasteiger partial charge in [0, 0.05) is 12.6 Å². The van der Waals surface area contributed by atoms with E-state index < -0.39 is 0 Å². The number of hydrogen-bond acceptors (Lipinski definition) is 3. The smallest absolute Gasteiger partial charge is 0.237 e. The third-order valence-corrected chi connectivity index (χ3v) is 2.24. The van der Waals surface area contributed by atoms with Gasteiger partial charge < -0.3 is 10.6 Å². The molecule has 1 unspecified atom stereocenters. The summed E-state index contributed by atoms with van der Waals surface area (Å²) in [4.78, 5) is 22.6. The fraction of sp³-hybridized carbons (Fsp3) is 0.800. The van der Waals surface area contributed by atoms with Crippen LogP contribution in [0.5, 0.6) is 0 Å². The number of carbonyl (C=O) groups is 2. The van der Waals surface area contributed by atoms with Crippen LogP contribution in [0.15, 0.2) is 0 Å². The first-order valence-electron chi connectivity index (χ1n) is 5.40. The first kappa shape index (κ1) is 12.0. The molecule has 0 radical (unpaired) electrons. The Hall–Kier alpha value is -1.10. The van der Waals surface area contributed by atoms with Crippen molar-refractivity contribution in [2.24, 2.45) is 0 Å². The van der Waals surface area contributed by atoms with Gasteiger partial charge in [0.25, 0.3) is 0 Å². The molecule has 0 spiro atoms. The highest BCUT2D eigenvalue weighted by Crippen LogP contribution is 2.01. The van der Waals surface area contributed by atoms with Gasteiger partial charge in [0.1, 0.15) is 0 Å². The Balaban J connectivity index is 2.23. The highest BCUT2D eigenvalue weighted by atomic mass is 16.2. The molecule has 0 bridgehead atoms. The van der Waals surface area contributed by atoms with E-state index in [1.165, 1.54) is 0 Å². The van der Waals surface area contributed by atoms with Gasteiger partial charge in [-0.15, -0.1) is 0 Å². The zero-order chi connectivity index (χ0) is 11.3. The van der Waals surface area contributed by atoms with E-state index in [1.807, 2.05) is 13.8 Å². The minimum Gasteiger partial charge on any atom is -0.355 e. The average molecular weight is 213 g/mol. The zero-order valence-electron chi connectivity index (χ0n) is 9.30. The van der Waals surface area contributed by atoms with Gasteiger partial charge in [-0.1, -0.05) is 0 Å². The summed E-state index contributed by atoms with van der Waals surface area (Å²) in [5.74, 6) is -0.0676. The Morgan fingerprint density at radius 2 is 2.33 bits per heavy atom. The molecule has 0 aromatic carbocycles. The molecule has 0 saturated carbocycles. The SMILES string of the molecule is CC(C)NC(=O)CNC1CCCNC1=O. The van der Waals surface area contributed by atoms with Crippen molar-refractivity contribution in [3.63, 3.8) is 0 Å². The third kappa shape index (κ3) is 4.29. The predicted octanol–water partition coefficient (Wildman–Crippen LogP) is -0.621. The molecule has 1 rings (SSSR count). The van der Waals surface area contributed by atoms with E-state index in [9.17, 15) is 9.59 Å². The molecule has 86 valence electrons. The van der Waals surface area contributed by atoms with Crippen molar-refractivity contribution in [3.05, 3.63) is 0 Å². The van der Waals surface area contributed by atoms with Gasteiger partial charge in [0.2, 0.25) is 11.8 Å². The van der Waals surface area contributed by atoms with Crippen LogP contribution in [0.3, 0.4) is 0 Å². The fourth-order valence-corrected chi connectivity index (χ4v) is 1.56. The van der Waals surface area contributed by atoms with E-state index in [-0.39, 0.29) is 30.4 Å². The molecule has 1 atom stereocenters. The first-order chi connectivity index (χ1) is 7.09. The minimum atomic E-state index is -0.211. The molecule has 1 saturated heterocycles. The lowest BCUT2D eigenvalue weighted by atomic mass is 10.1. The number of hydrogen-bond donors (Lipinski definition) is 3. The van der Waals surface area contributed by atoms with Crippen molar-refractivity contribution in [2.75, 3.05) is 13.1 Å². The lowest BCUT2D eigenvalue weighted by Gasteiger charge is -2.22. The lowest BCUT2D eigenvalue weighted by Crippen LogP contribution is -2.51. The Bertz CT molecular complexity index is 241. The van der Waals surface area contributed by atoms with Gasteiger partial charge in [-0.3, -0.25) is 14.9 Å². The summed E-state index contributed by atoms with van der Waals surface area (Å²) in [6.07, 6.45) is 1.77. The molecule has 1 aliphatic heterocycles. The molecule has 0 aliphatic carbocycles. The Morgan fingerprint density at radius 1 is 1.60 bits per heavy atom. The maximum Gasteiger partial charge on any atom is 0.237 e. The van der Waals surface area contributed by atoms with Crippen molar-refractivity contribution >= 4 is 11.8 Å². The molecule has 15 heavy (non-hydrogen) atoms. The van der Waals surface area contributed by atoms with E-state index in [2.05, 4.69) is 16.0 Å². The van der Waals surface area contributed by atoms with Crippen molar-refractivity contribution in [3.8, 4) is 0 Å². The topological polar surface area (TPSA) is 70.2 Å². The standard InChI is InChI=1S/C10H19N3O2/c1-7(2)13-9(14)6-12-8-4-3-5-11-10(8)15/h7-8,12H,3-6H2,1-2H3,(H,11,15)(H,13,14). The van der Waals surface area contributed by atoms with Crippen LogP contribution in [-0.4, -0.2) is 37.0 Å². The predicted molar refractivity (Wildman–Crippen MR) is 57.3 cm³/mol. The summed E-state index contributed by atoms with van der Waals surface area (Å²) < 4.78 is 0. The third-order valence-electron chi connectivity index (χ3n) is 2.24. The van der Waals surface area contributed by atoms with Crippen LogP contribution in [0.2, 0.25) is 0 Å². The Morgan fingerprint density at radius 3 is 2.93 bits per heavy atom. The van der Waals surface area contributed by atoms with E-state index in [1.54, 1.807) is 0 Å². The van der Waals surface area contributed by atoms with Gasteiger partial charge in [-0.25, -0.2) is 0 Å². The van der Waals surface area contributed by atoms with Crippen molar-refractivity contribution in [1.29, 1.82) is 0 Å². The Kier molecular flexibility index (Phi) is 4.55. The number of rotatable bonds is 4. The summed E-state index contributed by atoms with van der Waals surface area (Å²) in [6, 6.07) is -0.0730. The largest absolute Gasteiger partial charge is 0.355 e. The quantitative estimate of drug-likeness (QED) is 0.583. The van der Waals surface area contributed by atoms with E-state index in [4.69, 9.17) is 0 Å². The van der Waals surface area contributed by atoms with E-state index in [0.29, 0.717) is 0 Å². The Labute approximate surface area is 90.0 Å². The highest BCUT2D eigenvalue weighted by Gasteiger charge is 2.21. The molecule has 2 amide bonds. The van der Waals surface area contributed by atoms with Crippen LogP contribution in [-0.2, 0) is 9.59 Å². The molecule has 5 nitrogen and oxygen atoms in total. The molecule has 0 aromatic rings. The maximum absolute atomic E-state index is 11.3. The molecular weight excluding hydrogens is 194 g/mol. The van der Waals surface area contributed by atoms with E-state index in [0.717, 1.165) is 19.4 Å². The number of carbonyl (C=O) groups excluding carboxylic acids is 2. The molecule has 3 N–H and O–H groups in total. The fourth-order valence-electron chi connectivity index (χ4n) is 1.56. The van der Waals surface area contributed by atoms with Crippen LogP contribution >= 0.6 is 0 Å². The average Bonchev–Trinajstić information content (AvgIpc) is 2.15. The molecule has 1 fully saturated rings. The van der Waals surface area contributed by atoms with Crippen molar-refractivity contribution in [1.82, 2.24) is 16.0 Å². The normalized spacial score (nSPS) is 21.3. The second kappa shape index (κ2) is 5.70. The van der Waals surface area contributed by atoms with Crippen LogP contribution in [0.1, 0.15) is 26.7 Å². The number of nitrogens with one attached hydrogen (secondary N) is 3. The van der Waals surface area contributed by atoms with Crippen LogP contribution in [0.4, 0.5) is 0 Å². The molecule has 1 aliphatic rings. The summed E-state index contributed by atoms with van der Waals surface area (Å²) in [6.45, 7) is 4.77. The second-order valence-corrected chi connectivity index (χ2v) is 4.09. The maximum atomic E-state index is 11.3. The number of piperidine rings is 1. The van der Waals surface area contributed by atoms with Gasteiger partial charge in [0.15, 0.2) is 0 Å². The van der Waals surface area contributed by atoms with Gasteiger partial charge >= 0.3 is 0 Å². The summed E-state index contributed by atoms with van der Waals surface area (Å²) in [7, 11) is 0. The molecule has 5 heteroatoms. The zero-order valence-corrected chi connectivity index (χ0v) is 9.30. The van der Waals surface area contributed by atoms with Crippen LogP contribution in [0.25, 0.3) is 0 Å². The van der Waals surface area contributed by atoms with Crippen LogP contribution in [0, 0.1) is 0 Å². The molecule has 1 heterocycles. The summed E-state index contributed by atoms with van der Waals surface area (Å²) in [5.41, 5.74) is 0. The summed E-state index contributed by atoms with van der Waals surface area (Å²) in [5, 5.41) is 8.48. The molecule has 0 aromatic heterocycles. The highest BCUT2D eigenvalue weighted by molar-refractivity contribution is 5.84. The summed E-state index contributed by atoms with van der Waals surface area (Å²) >= 11 is 0. The molecular formula is C10H19N3O2. The van der Waals surface area contributed by atoms with Crippen LogP contribution < -0.4 is 16.0 Å². The lowest BCUT2D eigenvalue weighted by molar-refractivity contribution is -0.125. The van der Waals surface area contributed by atoms with E-state index >= 15 is 0 Å². The second-order valence-electron chi connectivity index (χ2n) is 4.09. The monoisotopic (exact) mass is 213 g/mol. The first-order valence-corrected chi connectivity index (χ1v) is 5.40. The van der Waals surface area contributed by atoms with Gasteiger partial charge in [0.05, 0.1) is 12.6 Å². The minimum absolute atomic E-state index is 0.00130. The van der Waals surface area contributed by atoms with Gasteiger partial charge in [-0.05, 0) is 26.7 Å². The van der Waals surface area contributed by atoms with Gasteiger partial charge in [-0.2, -0.15) is 0 Å². The number of amides is 2. The van der Waals surface area contributed by atoms with Crippen molar-refractivity contribution < 1.29 is 9.59 Å². The van der Waals surface area contributed by atoms with Crippen molar-refractivity contribution in [2.45, 2.75) is 38.8 Å².